The Morgan fingerprint density at radius 2 is 2.23 bits per heavy atom. The third-order valence-corrected chi connectivity index (χ3v) is 2.58. The van der Waals surface area contributed by atoms with Crippen LogP contribution in [-0.4, -0.2) is 37.6 Å². The summed E-state index contributed by atoms with van der Waals surface area (Å²) in [6.45, 7) is -0.790. The molecular weight excluding hydrogens is 174 g/mol. The van der Waals surface area contributed by atoms with E-state index in [4.69, 9.17) is 0 Å². The van der Waals surface area contributed by atoms with Gasteiger partial charge in [-0.25, -0.2) is 0 Å². The summed E-state index contributed by atoms with van der Waals surface area (Å²) in [6.07, 6.45) is 4.43. The number of piperidine rings is 1. The van der Waals surface area contributed by atoms with Crippen LogP contribution in [0.3, 0.4) is 0 Å². The number of nitrogens with zero attached hydrogens (tertiary/aromatic N) is 1. The standard InChI is InChI=1S/C9H18F2N2/c1-13(9(10)11)7-5-8-4-2-3-6-12-8/h8-9,12H,2-7H2,1H3. The highest BCUT2D eigenvalue weighted by molar-refractivity contribution is 4.72. The first-order valence-corrected chi connectivity index (χ1v) is 4.92. The van der Waals surface area contributed by atoms with E-state index < -0.39 is 6.55 Å². The molecule has 0 saturated carbocycles. The summed E-state index contributed by atoms with van der Waals surface area (Å²) in [5.74, 6) is 0. The highest BCUT2D eigenvalue weighted by Crippen LogP contribution is 2.11. The minimum atomic E-state index is -2.32. The number of hydrogen-bond acceptors (Lipinski definition) is 2. The predicted octanol–water partition coefficient (Wildman–Crippen LogP) is 1.67. The lowest BCUT2D eigenvalue weighted by molar-refractivity contribution is -0.0112. The normalized spacial score (nSPS) is 24.2. The zero-order valence-corrected chi connectivity index (χ0v) is 8.10. The van der Waals surface area contributed by atoms with Crippen LogP contribution in [0.2, 0.25) is 0 Å². The molecule has 1 heterocycles. The monoisotopic (exact) mass is 192 g/mol. The lowest BCUT2D eigenvalue weighted by Gasteiger charge is -2.25. The molecule has 1 N–H and O–H groups in total. The molecule has 78 valence electrons. The van der Waals surface area contributed by atoms with Gasteiger partial charge in [0, 0.05) is 12.6 Å². The fourth-order valence-corrected chi connectivity index (χ4v) is 1.63. The Morgan fingerprint density at radius 3 is 2.77 bits per heavy atom. The minimum absolute atomic E-state index is 0.454. The average Bonchev–Trinajstić information content (AvgIpc) is 2.15. The van der Waals surface area contributed by atoms with Crippen LogP contribution in [0.1, 0.15) is 25.7 Å². The van der Waals surface area contributed by atoms with Gasteiger partial charge >= 0.3 is 0 Å². The maximum Gasteiger partial charge on any atom is 0.294 e. The van der Waals surface area contributed by atoms with Crippen LogP contribution in [0, 0.1) is 0 Å². The summed E-state index contributed by atoms with van der Waals surface area (Å²) in [6, 6.07) is 0.454. The van der Waals surface area contributed by atoms with Crippen molar-refractivity contribution in [3.8, 4) is 0 Å². The number of nitrogens with one attached hydrogen (secondary N) is 1. The van der Waals surface area contributed by atoms with Gasteiger partial charge in [0.2, 0.25) is 0 Å². The molecule has 0 aromatic rings. The lowest BCUT2D eigenvalue weighted by Crippen LogP contribution is -2.37. The molecule has 0 aliphatic carbocycles. The molecule has 1 aliphatic heterocycles. The van der Waals surface area contributed by atoms with Crippen molar-refractivity contribution in [3.05, 3.63) is 0 Å². The topological polar surface area (TPSA) is 15.3 Å². The SMILES string of the molecule is CN(CCC1CCCCN1)C(F)F. The molecule has 13 heavy (non-hydrogen) atoms. The molecule has 0 aromatic heterocycles. The third-order valence-electron chi connectivity index (χ3n) is 2.58. The van der Waals surface area contributed by atoms with Crippen LogP contribution in [-0.2, 0) is 0 Å². The number of halogens is 2. The Hall–Kier alpha value is -0.220. The largest absolute Gasteiger partial charge is 0.314 e. The summed E-state index contributed by atoms with van der Waals surface area (Å²) in [7, 11) is 1.47. The Kier molecular flexibility index (Phi) is 4.59. The molecule has 0 bridgehead atoms. The van der Waals surface area contributed by atoms with Crippen LogP contribution in [0.5, 0.6) is 0 Å². The van der Waals surface area contributed by atoms with Crippen molar-refractivity contribution < 1.29 is 8.78 Å². The molecule has 1 saturated heterocycles. The average molecular weight is 192 g/mol. The van der Waals surface area contributed by atoms with Gasteiger partial charge < -0.3 is 5.32 Å². The van der Waals surface area contributed by atoms with E-state index >= 15 is 0 Å². The van der Waals surface area contributed by atoms with E-state index in [0.29, 0.717) is 12.6 Å². The molecule has 2 nitrogen and oxygen atoms in total. The molecule has 4 heteroatoms. The number of hydrogen-bond donors (Lipinski definition) is 1. The van der Waals surface area contributed by atoms with E-state index in [1.165, 1.54) is 19.9 Å². The second-order valence-corrected chi connectivity index (χ2v) is 3.69. The van der Waals surface area contributed by atoms with Crippen molar-refractivity contribution in [2.75, 3.05) is 20.1 Å². The molecule has 0 radical (unpaired) electrons. The third kappa shape index (κ3) is 4.00. The first kappa shape index (κ1) is 10.9. The van der Waals surface area contributed by atoms with Crippen molar-refractivity contribution in [1.29, 1.82) is 0 Å². The van der Waals surface area contributed by atoms with Gasteiger partial charge in [-0.1, -0.05) is 6.42 Å². The smallest absolute Gasteiger partial charge is 0.294 e. The van der Waals surface area contributed by atoms with Gasteiger partial charge in [-0.3, -0.25) is 4.90 Å². The molecule has 1 aliphatic rings. The van der Waals surface area contributed by atoms with Crippen molar-refractivity contribution in [3.63, 3.8) is 0 Å². The first-order chi connectivity index (χ1) is 6.20. The summed E-state index contributed by atoms with van der Waals surface area (Å²) in [4.78, 5) is 1.09. The zero-order valence-electron chi connectivity index (χ0n) is 8.10. The highest BCUT2D eigenvalue weighted by atomic mass is 19.3. The molecule has 1 atom stereocenters. The lowest BCUT2D eigenvalue weighted by atomic mass is 10.0. The van der Waals surface area contributed by atoms with Crippen LogP contribution < -0.4 is 5.32 Å². The minimum Gasteiger partial charge on any atom is -0.314 e. The molecule has 1 unspecified atom stereocenters. The summed E-state index contributed by atoms with van der Waals surface area (Å²) in [5.41, 5.74) is 0. The summed E-state index contributed by atoms with van der Waals surface area (Å²) in [5, 5.41) is 3.34. The van der Waals surface area contributed by atoms with E-state index in [9.17, 15) is 8.78 Å². The molecule has 0 amide bonds. The molecular formula is C9H18F2N2. The van der Waals surface area contributed by atoms with Crippen molar-refractivity contribution in [2.45, 2.75) is 38.3 Å². The van der Waals surface area contributed by atoms with Crippen LogP contribution in [0.4, 0.5) is 8.78 Å². The Morgan fingerprint density at radius 1 is 1.46 bits per heavy atom. The van der Waals surface area contributed by atoms with Crippen molar-refractivity contribution in [1.82, 2.24) is 10.2 Å². The second-order valence-electron chi connectivity index (χ2n) is 3.69. The molecule has 1 fully saturated rings. The fourth-order valence-electron chi connectivity index (χ4n) is 1.63. The highest BCUT2D eigenvalue weighted by Gasteiger charge is 2.15. The van der Waals surface area contributed by atoms with Gasteiger partial charge in [0.15, 0.2) is 0 Å². The summed E-state index contributed by atoms with van der Waals surface area (Å²) < 4.78 is 24.2. The quantitative estimate of drug-likeness (QED) is 0.682. The van der Waals surface area contributed by atoms with Gasteiger partial charge in [-0.15, -0.1) is 0 Å². The van der Waals surface area contributed by atoms with Gasteiger partial charge in [-0.05, 0) is 32.9 Å². The van der Waals surface area contributed by atoms with Crippen molar-refractivity contribution in [2.24, 2.45) is 0 Å². The van der Waals surface area contributed by atoms with E-state index in [1.54, 1.807) is 0 Å². The zero-order chi connectivity index (χ0) is 9.68. The first-order valence-electron chi connectivity index (χ1n) is 4.92. The van der Waals surface area contributed by atoms with Crippen LogP contribution in [0.25, 0.3) is 0 Å². The van der Waals surface area contributed by atoms with Crippen molar-refractivity contribution >= 4 is 0 Å². The van der Waals surface area contributed by atoms with E-state index in [2.05, 4.69) is 5.32 Å². The predicted molar refractivity (Wildman–Crippen MR) is 48.9 cm³/mol. The second kappa shape index (κ2) is 5.50. The Bertz CT molecular complexity index is 136. The van der Waals surface area contributed by atoms with Gasteiger partial charge in [0.05, 0.1) is 0 Å². The Labute approximate surface area is 78.3 Å². The maximum atomic E-state index is 12.1. The number of rotatable bonds is 4. The molecule has 1 rings (SSSR count). The van der Waals surface area contributed by atoms with Crippen LogP contribution >= 0.6 is 0 Å². The maximum absolute atomic E-state index is 12.1. The molecule has 0 spiro atoms. The van der Waals surface area contributed by atoms with E-state index in [-0.39, 0.29) is 0 Å². The number of alkyl halides is 2. The van der Waals surface area contributed by atoms with E-state index in [1.807, 2.05) is 0 Å². The summed E-state index contributed by atoms with van der Waals surface area (Å²) >= 11 is 0. The van der Waals surface area contributed by atoms with E-state index in [0.717, 1.165) is 24.3 Å². The fraction of sp³-hybridized carbons (Fsp3) is 1.00. The van der Waals surface area contributed by atoms with Crippen LogP contribution in [0.15, 0.2) is 0 Å². The van der Waals surface area contributed by atoms with Gasteiger partial charge in [0.25, 0.3) is 6.55 Å². The molecule has 0 aromatic carbocycles. The Balaban J connectivity index is 2.10. The van der Waals surface area contributed by atoms with Gasteiger partial charge in [0.1, 0.15) is 0 Å². The van der Waals surface area contributed by atoms with Gasteiger partial charge in [-0.2, -0.15) is 8.78 Å².